The van der Waals surface area contributed by atoms with Gasteiger partial charge in [0, 0.05) is 12.3 Å². The Balaban J connectivity index is 2.30. The third kappa shape index (κ3) is 3.78. The van der Waals surface area contributed by atoms with Gasteiger partial charge in [0.2, 0.25) is 0 Å². The zero-order valence-corrected chi connectivity index (χ0v) is 13.1. The minimum Gasteiger partial charge on any atom is -0.384 e. The highest BCUT2D eigenvalue weighted by atomic mass is 35.5. The molecule has 0 aliphatic heterocycles. The van der Waals surface area contributed by atoms with E-state index in [4.69, 9.17) is 22.7 Å². The highest BCUT2D eigenvalue weighted by molar-refractivity contribution is 7.98. The molecule has 1 atom stereocenters. The predicted molar refractivity (Wildman–Crippen MR) is 90.2 cm³/mol. The van der Waals surface area contributed by atoms with Crippen LogP contribution >= 0.6 is 11.6 Å². The van der Waals surface area contributed by atoms with E-state index in [1.807, 2.05) is 0 Å². The molecule has 0 bridgehead atoms. The zero-order valence-electron chi connectivity index (χ0n) is 11.6. The van der Waals surface area contributed by atoms with Crippen LogP contribution in [0.15, 0.2) is 40.0 Å². The Hall–Kier alpha value is -1.50. The van der Waals surface area contributed by atoms with E-state index in [9.17, 15) is 4.21 Å². The van der Waals surface area contributed by atoms with Crippen LogP contribution < -0.4 is 15.8 Å². The normalized spacial score (nSPS) is 19.1. The van der Waals surface area contributed by atoms with E-state index in [0.29, 0.717) is 10.6 Å². The summed E-state index contributed by atoms with van der Waals surface area (Å²) in [5, 5.41) is 10.1. The highest BCUT2D eigenvalue weighted by Gasteiger charge is 2.22. The topological polar surface area (TPSA) is 91.0 Å². The van der Waals surface area contributed by atoms with Crippen molar-refractivity contribution < 1.29 is 4.21 Å². The molecule has 0 radical (unpaired) electrons. The summed E-state index contributed by atoms with van der Waals surface area (Å²) in [6.07, 6.45) is 4.13. The molecule has 0 saturated heterocycles. The van der Waals surface area contributed by atoms with E-state index in [1.165, 1.54) is 0 Å². The van der Waals surface area contributed by atoms with Gasteiger partial charge in [0.1, 0.15) is 5.82 Å². The second-order valence-electron chi connectivity index (χ2n) is 4.95. The molecule has 0 heterocycles. The first-order valence-corrected chi connectivity index (χ1v) is 8.71. The molecule has 7 heteroatoms. The maximum absolute atomic E-state index is 12.8. The fourth-order valence-electron chi connectivity index (χ4n) is 2.00. The van der Waals surface area contributed by atoms with E-state index >= 15 is 0 Å². The van der Waals surface area contributed by atoms with Crippen LogP contribution in [0.1, 0.15) is 19.3 Å². The van der Waals surface area contributed by atoms with Crippen molar-refractivity contribution in [3.8, 4) is 0 Å². The molecule has 0 spiro atoms. The van der Waals surface area contributed by atoms with Crippen molar-refractivity contribution in [2.24, 2.45) is 5.73 Å². The molecule has 0 aromatic heterocycles. The average molecular weight is 327 g/mol. The number of hydrogen-bond donors (Lipinski definition) is 4. The molecule has 1 unspecified atom stereocenters. The Morgan fingerprint density at radius 1 is 1.48 bits per heavy atom. The lowest BCUT2D eigenvalue weighted by molar-refractivity contribution is 0.390. The van der Waals surface area contributed by atoms with Crippen LogP contribution in [0.2, 0.25) is 0 Å². The van der Waals surface area contributed by atoms with E-state index in [1.54, 1.807) is 24.3 Å². The molecule has 1 aliphatic rings. The molecule has 1 aromatic rings. The first-order valence-electron chi connectivity index (χ1n) is 6.60. The quantitative estimate of drug-likeness (QED) is 0.477. The lowest BCUT2D eigenvalue weighted by Gasteiger charge is -2.29. The fourth-order valence-corrected chi connectivity index (χ4v) is 3.72. The Labute approximate surface area is 130 Å². The summed E-state index contributed by atoms with van der Waals surface area (Å²) in [6.45, 7) is 0. The molecular formula is C14H19ClN4OS. The van der Waals surface area contributed by atoms with Crippen molar-refractivity contribution in [3.63, 3.8) is 0 Å². The predicted octanol–water partition coefficient (Wildman–Crippen LogP) is 2.25. The van der Waals surface area contributed by atoms with Crippen LogP contribution in [0.4, 0.5) is 5.69 Å². The van der Waals surface area contributed by atoms with Gasteiger partial charge in [-0.05, 0) is 30.8 Å². The van der Waals surface area contributed by atoms with Crippen molar-refractivity contribution in [1.29, 1.82) is 5.41 Å². The molecule has 1 aliphatic carbocycles. The number of benzene rings is 1. The number of nitrogens with one attached hydrogen (secondary N) is 3. The molecule has 0 amide bonds. The van der Waals surface area contributed by atoms with Crippen LogP contribution in [0.5, 0.6) is 0 Å². The summed E-state index contributed by atoms with van der Waals surface area (Å²) in [5.74, 6) is 3.97. The number of hydrogen-bond acceptors (Lipinski definition) is 4. The van der Waals surface area contributed by atoms with Crippen LogP contribution in [0.25, 0.3) is 0 Å². The molecule has 1 fully saturated rings. The molecule has 21 heavy (non-hydrogen) atoms. The van der Waals surface area contributed by atoms with Gasteiger partial charge in [0.25, 0.3) is 0 Å². The molecule has 2 rings (SSSR count). The standard InChI is InChI=1S/C14H19ClN4OS/c1-21(20,19-10-5-4-6-10)13-8-3-2-7-12(13)18-14(17)11(15)9-16/h2-3,7-10,16,18H,1,4-6,17H2,(H,19,20)/b14-11-,16-9?. The summed E-state index contributed by atoms with van der Waals surface area (Å²) in [6, 6.07) is 7.35. The smallest absolute Gasteiger partial charge is 0.121 e. The summed E-state index contributed by atoms with van der Waals surface area (Å²) < 4.78 is 15.9. The molecule has 1 saturated carbocycles. The van der Waals surface area contributed by atoms with Crippen LogP contribution in [-0.2, 0) is 9.71 Å². The van der Waals surface area contributed by atoms with Crippen molar-refractivity contribution in [3.05, 3.63) is 35.1 Å². The van der Waals surface area contributed by atoms with Gasteiger partial charge in [-0.15, -0.1) is 0 Å². The SMILES string of the molecule is C=S(=O)(NC1CCC1)c1ccccc1N/C(N)=C(\Cl)C=N. The van der Waals surface area contributed by atoms with E-state index in [2.05, 4.69) is 15.9 Å². The number of halogens is 1. The van der Waals surface area contributed by atoms with Gasteiger partial charge >= 0.3 is 0 Å². The summed E-state index contributed by atoms with van der Waals surface area (Å²) in [4.78, 5) is 0.550. The number of para-hydroxylation sites is 1. The minimum absolute atomic E-state index is 0.0901. The number of allylic oxidation sites excluding steroid dienone is 1. The highest BCUT2D eigenvalue weighted by Crippen LogP contribution is 2.25. The second-order valence-corrected chi connectivity index (χ2v) is 7.38. The van der Waals surface area contributed by atoms with Gasteiger partial charge in [-0.25, -0.2) is 8.93 Å². The van der Waals surface area contributed by atoms with Gasteiger partial charge in [-0.1, -0.05) is 30.2 Å². The Bertz CT molecular complexity index is 665. The Morgan fingerprint density at radius 3 is 2.71 bits per heavy atom. The van der Waals surface area contributed by atoms with Gasteiger partial charge in [-0.2, -0.15) is 0 Å². The van der Waals surface area contributed by atoms with E-state index in [0.717, 1.165) is 25.5 Å². The number of rotatable bonds is 6. The fraction of sp³-hybridized carbons (Fsp3) is 0.286. The van der Waals surface area contributed by atoms with Crippen molar-refractivity contribution in [2.45, 2.75) is 30.2 Å². The Kier molecular flexibility index (Phi) is 4.92. The maximum Gasteiger partial charge on any atom is 0.121 e. The lowest BCUT2D eigenvalue weighted by Crippen LogP contribution is -2.39. The third-order valence-electron chi connectivity index (χ3n) is 3.36. The molecule has 114 valence electrons. The van der Waals surface area contributed by atoms with Crippen LogP contribution in [0.3, 0.4) is 0 Å². The van der Waals surface area contributed by atoms with Crippen molar-refractivity contribution in [2.75, 3.05) is 5.32 Å². The first kappa shape index (κ1) is 15.9. The zero-order chi connectivity index (χ0) is 15.5. The van der Waals surface area contributed by atoms with E-state index in [-0.39, 0.29) is 16.9 Å². The summed E-state index contributed by atoms with van der Waals surface area (Å²) in [5.41, 5.74) is 6.33. The maximum atomic E-state index is 12.8. The monoisotopic (exact) mass is 326 g/mol. The summed E-state index contributed by atoms with van der Waals surface area (Å²) in [7, 11) is -2.62. The Morgan fingerprint density at radius 2 is 2.14 bits per heavy atom. The van der Waals surface area contributed by atoms with Crippen molar-refractivity contribution >= 4 is 39.1 Å². The number of anilines is 1. The van der Waals surface area contributed by atoms with E-state index < -0.39 is 9.71 Å². The molecule has 1 aromatic carbocycles. The van der Waals surface area contributed by atoms with Crippen molar-refractivity contribution in [1.82, 2.24) is 4.72 Å². The average Bonchev–Trinajstić information content (AvgIpc) is 2.42. The van der Waals surface area contributed by atoms with Crippen LogP contribution in [-0.4, -0.2) is 22.3 Å². The minimum atomic E-state index is -2.62. The van der Waals surface area contributed by atoms with Gasteiger partial charge in [-0.3, -0.25) is 0 Å². The summed E-state index contributed by atoms with van der Waals surface area (Å²) >= 11 is 5.79. The van der Waals surface area contributed by atoms with Gasteiger partial charge in [0.05, 0.1) is 25.3 Å². The van der Waals surface area contributed by atoms with Gasteiger partial charge < -0.3 is 16.5 Å². The number of nitrogens with two attached hydrogens (primary N) is 1. The second kappa shape index (κ2) is 6.51. The largest absolute Gasteiger partial charge is 0.384 e. The van der Waals surface area contributed by atoms with Gasteiger partial charge in [0.15, 0.2) is 0 Å². The molecule has 5 nitrogen and oxygen atoms in total. The van der Waals surface area contributed by atoms with Crippen LogP contribution in [0, 0.1) is 5.41 Å². The molecular weight excluding hydrogens is 308 g/mol. The lowest BCUT2D eigenvalue weighted by atomic mass is 9.94. The molecule has 5 N–H and O–H groups in total. The first-order chi connectivity index (χ1) is 9.94. The third-order valence-corrected chi connectivity index (χ3v) is 5.45.